The molecule has 1 aliphatic heterocycles. The number of amides is 2. The number of carbonyl (C=O) groups excluding carboxylic acids is 1. The molecule has 6 heteroatoms. The Bertz CT molecular complexity index is 803. The Balaban J connectivity index is 2.02. The largest absolute Gasteiger partial charge is 0.327 e. The number of halogens is 2. The number of rotatable bonds is 4. The van der Waals surface area contributed by atoms with Crippen molar-refractivity contribution in [2.75, 3.05) is 18.2 Å². The molecule has 4 nitrogen and oxygen atoms in total. The zero-order valence-electron chi connectivity index (χ0n) is 16.1. The first-order valence-electron chi connectivity index (χ1n) is 9.05. The van der Waals surface area contributed by atoms with Crippen LogP contribution in [-0.2, 0) is 5.54 Å². The molecule has 0 spiro atoms. The van der Waals surface area contributed by atoms with E-state index in [1.807, 2.05) is 66.1 Å². The summed E-state index contributed by atoms with van der Waals surface area (Å²) in [5.74, 6) is 0. The lowest BCUT2D eigenvalue weighted by molar-refractivity contribution is 0.0396. The standard InChI is InChI=1S/C21H25Cl2N3O/c1-15(2)24-13-25(19-8-6-5-7-9-19)20(27)26(14-24)21(3,4)16-10-17(22)12-18(23)11-16/h5-12,15H,13-14H2,1-4H3. The van der Waals surface area contributed by atoms with E-state index in [2.05, 4.69) is 18.7 Å². The maximum Gasteiger partial charge on any atom is 0.327 e. The van der Waals surface area contributed by atoms with E-state index in [9.17, 15) is 4.79 Å². The molecule has 1 aliphatic rings. The quantitative estimate of drug-likeness (QED) is 0.642. The molecule has 0 aliphatic carbocycles. The molecule has 0 bridgehead atoms. The van der Waals surface area contributed by atoms with Crippen molar-refractivity contribution in [2.24, 2.45) is 0 Å². The van der Waals surface area contributed by atoms with Crippen LogP contribution in [-0.4, -0.2) is 35.2 Å². The van der Waals surface area contributed by atoms with Gasteiger partial charge in [-0.2, -0.15) is 0 Å². The number of hydrogen-bond donors (Lipinski definition) is 0. The van der Waals surface area contributed by atoms with Crippen LogP contribution in [0.3, 0.4) is 0 Å². The van der Waals surface area contributed by atoms with Gasteiger partial charge in [-0.1, -0.05) is 41.4 Å². The van der Waals surface area contributed by atoms with Gasteiger partial charge in [0, 0.05) is 21.8 Å². The van der Waals surface area contributed by atoms with Crippen LogP contribution >= 0.6 is 23.2 Å². The van der Waals surface area contributed by atoms with E-state index in [0.717, 1.165) is 11.3 Å². The molecule has 0 aromatic heterocycles. The number of benzene rings is 2. The summed E-state index contributed by atoms with van der Waals surface area (Å²) >= 11 is 12.5. The number of nitrogens with zero attached hydrogens (tertiary/aromatic N) is 3. The fourth-order valence-electron chi connectivity index (χ4n) is 3.28. The van der Waals surface area contributed by atoms with E-state index >= 15 is 0 Å². The van der Waals surface area contributed by atoms with Crippen LogP contribution < -0.4 is 4.90 Å². The lowest BCUT2D eigenvalue weighted by Crippen LogP contribution is -2.64. The summed E-state index contributed by atoms with van der Waals surface area (Å²) < 4.78 is 0. The molecule has 0 saturated carbocycles. The van der Waals surface area contributed by atoms with Crippen LogP contribution in [0.2, 0.25) is 10.0 Å². The summed E-state index contributed by atoms with van der Waals surface area (Å²) in [4.78, 5) is 19.4. The Kier molecular flexibility index (Phi) is 5.71. The van der Waals surface area contributed by atoms with Gasteiger partial charge in [-0.05, 0) is 63.6 Å². The minimum atomic E-state index is -0.577. The Morgan fingerprint density at radius 3 is 2.11 bits per heavy atom. The van der Waals surface area contributed by atoms with Gasteiger partial charge in [0.2, 0.25) is 0 Å². The van der Waals surface area contributed by atoms with E-state index in [4.69, 9.17) is 23.2 Å². The van der Waals surface area contributed by atoms with E-state index in [0.29, 0.717) is 29.4 Å². The predicted octanol–water partition coefficient (Wildman–Crippen LogP) is 5.80. The van der Waals surface area contributed by atoms with Crippen molar-refractivity contribution in [3.63, 3.8) is 0 Å². The third kappa shape index (κ3) is 4.08. The smallest absolute Gasteiger partial charge is 0.302 e. The zero-order valence-corrected chi connectivity index (χ0v) is 17.6. The van der Waals surface area contributed by atoms with Gasteiger partial charge in [0.05, 0.1) is 18.9 Å². The van der Waals surface area contributed by atoms with Gasteiger partial charge < -0.3 is 4.90 Å². The molecule has 3 rings (SSSR count). The number of urea groups is 1. The van der Waals surface area contributed by atoms with Crippen LogP contribution in [0.15, 0.2) is 48.5 Å². The van der Waals surface area contributed by atoms with Gasteiger partial charge in [0.25, 0.3) is 0 Å². The molecule has 1 saturated heterocycles. The highest BCUT2D eigenvalue weighted by Gasteiger charge is 2.41. The van der Waals surface area contributed by atoms with Crippen molar-refractivity contribution < 1.29 is 4.79 Å². The van der Waals surface area contributed by atoms with Crippen molar-refractivity contribution in [3.8, 4) is 0 Å². The van der Waals surface area contributed by atoms with E-state index < -0.39 is 5.54 Å². The molecule has 2 amide bonds. The molecule has 0 atom stereocenters. The van der Waals surface area contributed by atoms with Crippen LogP contribution in [0.1, 0.15) is 33.3 Å². The normalized spacial score (nSPS) is 16.3. The molecule has 144 valence electrons. The highest BCUT2D eigenvalue weighted by molar-refractivity contribution is 6.34. The highest BCUT2D eigenvalue weighted by atomic mass is 35.5. The summed E-state index contributed by atoms with van der Waals surface area (Å²) in [6.07, 6.45) is 0. The monoisotopic (exact) mass is 405 g/mol. The average Bonchev–Trinajstić information content (AvgIpc) is 2.61. The maximum atomic E-state index is 13.4. The fraction of sp³-hybridized carbons (Fsp3) is 0.381. The average molecular weight is 406 g/mol. The second-order valence-electron chi connectivity index (χ2n) is 7.66. The SMILES string of the molecule is CC(C)N1CN(c2ccccc2)C(=O)N(C(C)(C)c2cc(Cl)cc(Cl)c2)C1. The first-order valence-corrected chi connectivity index (χ1v) is 9.80. The second-order valence-corrected chi connectivity index (χ2v) is 8.53. The Labute approximate surface area is 171 Å². The molecule has 0 radical (unpaired) electrons. The molecule has 27 heavy (non-hydrogen) atoms. The summed E-state index contributed by atoms with van der Waals surface area (Å²) in [7, 11) is 0. The number of anilines is 1. The van der Waals surface area contributed by atoms with Crippen LogP contribution in [0.4, 0.5) is 10.5 Å². The summed E-state index contributed by atoms with van der Waals surface area (Å²) in [5, 5.41) is 1.13. The molecular formula is C21H25Cl2N3O. The number of para-hydroxylation sites is 1. The van der Waals surface area contributed by atoms with E-state index in [1.54, 1.807) is 6.07 Å². The third-order valence-electron chi connectivity index (χ3n) is 5.15. The molecule has 1 heterocycles. The van der Waals surface area contributed by atoms with E-state index in [-0.39, 0.29) is 6.03 Å². The van der Waals surface area contributed by atoms with Crippen molar-refractivity contribution in [1.82, 2.24) is 9.80 Å². The number of hydrogen-bond acceptors (Lipinski definition) is 2. The van der Waals surface area contributed by atoms with Gasteiger partial charge >= 0.3 is 6.03 Å². The van der Waals surface area contributed by atoms with Crippen LogP contribution in [0.5, 0.6) is 0 Å². The minimum absolute atomic E-state index is 0.0285. The maximum absolute atomic E-state index is 13.4. The Hall–Kier alpha value is -1.75. The van der Waals surface area contributed by atoms with Gasteiger partial charge in [0.1, 0.15) is 0 Å². The Morgan fingerprint density at radius 2 is 1.56 bits per heavy atom. The third-order valence-corrected chi connectivity index (χ3v) is 5.59. The van der Waals surface area contributed by atoms with Gasteiger partial charge in [-0.3, -0.25) is 9.80 Å². The number of carbonyl (C=O) groups is 1. The van der Waals surface area contributed by atoms with Gasteiger partial charge in [-0.15, -0.1) is 0 Å². The second kappa shape index (κ2) is 7.70. The van der Waals surface area contributed by atoms with Crippen molar-refractivity contribution in [1.29, 1.82) is 0 Å². The Morgan fingerprint density at radius 1 is 0.963 bits per heavy atom. The lowest BCUT2D eigenvalue weighted by atomic mass is 9.92. The molecule has 2 aromatic carbocycles. The molecular weight excluding hydrogens is 381 g/mol. The van der Waals surface area contributed by atoms with Crippen molar-refractivity contribution in [3.05, 3.63) is 64.1 Å². The summed E-state index contributed by atoms with van der Waals surface area (Å²) in [6, 6.07) is 15.5. The topological polar surface area (TPSA) is 26.8 Å². The fourth-order valence-corrected chi connectivity index (χ4v) is 3.81. The molecule has 2 aromatic rings. The lowest BCUT2D eigenvalue weighted by Gasteiger charge is -2.50. The highest BCUT2D eigenvalue weighted by Crippen LogP contribution is 2.35. The first-order chi connectivity index (χ1) is 12.7. The molecule has 1 fully saturated rings. The van der Waals surface area contributed by atoms with Crippen LogP contribution in [0.25, 0.3) is 0 Å². The summed E-state index contributed by atoms with van der Waals surface area (Å²) in [6.45, 7) is 9.43. The predicted molar refractivity (Wildman–Crippen MR) is 112 cm³/mol. The van der Waals surface area contributed by atoms with E-state index in [1.165, 1.54) is 0 Å². The summed E-state index contributed by atoms with van der Waals surface area (Å²) in [5.41, 5.74) is 1.22. The van der Waals surface area contributed by atoms with Crippen molar-refractivity contribution >= 4 is 34.9 Å². The molecule has 0 unspecified atom stereocenters. The van der Waals surface area contributed by atoms with Crippen molar-refractivity contribution in [2.45, 2.75) is 39.3 Å². The van der Waals surface area contributed by atoms with Gasteiger partial charge in [0.15, 0.2) is 0 Å². The first kappa shape index (κ1) is 20.0. The van der Waals surface area contributed by atoms with Gasteiger partial charge in [-0.25, -0.2) is 4.79 Å². The molecule has 0 N–H and O–H groups in total. The zero-order chi connectivity index (χ0) is 19.8. The van der Waals surface area contributed by atoms with Crippen LogP contribution in [0, 0.1) is 0 Å². The minimum Gasteiger partial charge on any atom is -0.302 e.